The van der Waals surface area contributed by atoms with Crippen LogP contribution in [-0.2, 0) is 6.61 Å². The number of nitro groups is 1. The molecule has 5 rings (SSSR count). The van der Waals surface area contributed by atoms with Gasteiger partial charge in [-0.15, -0.1) is 0 Å². The Labute approximate surface area is 219 Å². The Hall–Kier alpha value is -5.48. The lowest BCUT2D eigenvalue weighted by Gasteiger charge is -2.06. The molecule has 0 unspecified atom stereocenters. The first-order valence-corrected chi connectivity index (χ1v) is 11.8. The zero-order valence-electron chi connectivity index (χ0n) is 20.2. The smallest absolute Gasteiger partial charge is 0.269 e. The van der Waals surface area contributed by atoms with E-state index in [1.165, 1.54) is 12.1 Å². The summed E-state index contributed by atoms with van der Waals surface area (Å²) in [4.78, 5) is 14.9. The number of aliphatic imine (C=N–C) groups is 1. The largest absolute Gasteiger partial charge is 0.489 e. The maximum Gasteiger partial charge on any atom is 0.269 e. The third-order valence-electron chi connectivity index (χ3n) is 5.86. The maximum absolute atomic E-state index is 10.8. The molecule has 4 aromatic carbocycles. The molecule has 1 aromatic heterocycles. The number of nitriles is 1. The minimum Gasteiger partial charge on any atom is -0.489 e. The third-order valence-corrected chi connectivity index (χ3v) is 5.86. The van der Waals surface area contributed by atoms with Gasteiger partial charge in [0.05, 0.1) is 4.92 Å². The third kappa shape index (κ3) is 5.35. The van der Waals surface area contributed by atoms with Crippen molar-refractivity contribution >= 4 is 17.8 Å². The van der Waals surface area contributed by atoms with E-state index in [0.29, 0.717) is 22.6 Å². The second kappa shape index (κ2) is 11.1. The Kier molecular flexibility index (Phi) is 7.05. The summed E-state index contributed by atoms with van der Waals surface area (Å²) >= 11 is 0. The van der Waals surface area contributed by atoms with E-state index in [4.69, 9.17) is 9.15 Å². The van der Waals surface area contributed by atoms with Crippen molar-refractivity contribution in [1.29, 1.82) is 5.26 Å². The van der Waals surface area contributed by atoms with Crippen LogP contribution in [0.2, 0.25) is 0 Å². The van der Waals surface area contributed by atoms with Crippen molar-refractivity contribution in [2.75, 3.05) is 0 Å². The van der Waals surface area contributed by atoms with E-state index >= 15 is 0 Å². The summed E-state index contributed by atoms with van der Waals surface area (Å²) in [5.74, 6) is 1.48. The Morgan fingerprint density at radius 1 is 0.868 bits per heavy atom. The van der Waals surface area contributed by atoms with Crippen LogP contribution in [0.5, 0.6) is 5.75 Å². The summed E-state index contributed by atoms with van der Waals surface area (Å²) in [7, 11) is 0. The number of nitro benzene ring substituents is 1. The molecular formula is C31H21N3O4. The van der Waals surface area contributed by atoms with Crippen molar-refractivity contribution < 1.29 is 14.1 Å². The summed E-state index contributed by atoms with van der Waals surface area (Å²) in [6.07, 6.45) is 1.64. The van der Waals surface area contributed by atoms with Crippen LogP contribution < -0.4 is 4.74 Å². The molecule has 7 heteroatoms. The molecule has 0 bridgehead atoms. The second-order valence-electron chi connectivity index (χ2n) is 8.37. The van der Waals surface area contributed by atoms with E-state index in [2.05, 4.69) is 11.1 Å². The van der Waals surface area contributed by atoms with Gasteiger partial charge in [0.1, 0.15) is 29.7 Å². The minimum absolute atomic E-state index is 0.0419. The predicted octanol–water partition coefficient (Wildman–Crippen LogP) is 7.72. The van der Waals surface area contributed by atoms with Gasteiger partial charge in [0.25, 0.3) is 5.69 Å². The van der Waals surface area contributed by atoms with Crippen LogP contribution in [0.1, 0.15) is 16.7 Å². The van der Waals surface area contributed by atoms with Crippen molar-refractivity contribution in [2.24, 2.45) is 4.99 Å². The number of furan rings is 1. The molecule has 0 N–H and O–H groups in total. The fraction of sp³-hybridized carbons (Fsp3) is 0.0323. The molecule has 0 spiro atoms. The lowest BCUT2D eigenvalue weighted by atomic mass is 9.98. The molecule has 0 amide bonds. The molecule has 184 valence electrons. The lowest BCUT2D eigenvalue weighted by molar-refractivity contribution is -0.384. The van der Waals surface area contributed by atoms with Crippen molar-refractivity contribution in [1.82, 2.24) is 0 Å². The zero-order valence-corrected chi connectivity index (χ0v) is 20.2. The monoisotopic (exact) mass is 499 g/mol. The summed E-state index contributed by atoms with van der Waals surface area (Å²) < 4.78 is 11.9. The van der Waals surface area contributed by atoms with Gasteiger partial charge in [-0.05, 0) is 53.1 Å². The average Bonchev–Trinajstić information content (AvgIpc) is 3.35. The molecule has 0 atom stereocenters. The van der Waals surface area contributed by atoms with E-state index in [0.717, 1.165) is 22.3 Å². The van der Waals surface area contributed by atoms with Crippen molar-refractivity contribution in [3.8, 4) is 34.3 Å². The maximum atomic E-state index is 10.8. The summed E-state index contributed by atoms with van der Waals surface area (Å²) in [5.41, 5.74) is 4.49. The molecule has 0 aliphatic heterocycles. The summed E-state index contributed by atoms with van der Waals surface area (Å²) in [6.45, 7) is 0.286. The molecule has 7 nitrogen and oxygen atoms in total. The van der Waals surface area contributed by atoms with Crippen molar-refractivity contribution in [3.05, 3.63) is 136 Å². The molecule has 0 saturated heterocycles. The Morgan fingerprint density at radius 2 is 1.50 bits per heavy atom. The van der Waals surface area contributed by atoms with Gasteiger partial charge >= 0.3 is 0 Å². The van der Waals surface area contributed by atoms with Crippen LogP contribution in [0.25, 0.3) is 22.5 Å². The number of nitrogens with zero attached hydrogens (tertiary/aromatic N) is 3. The highest BCUT2D eigenvalue weighted by Gasteiger charge is 2.22. The van der Waals surface area contributed by atoms with Crippen LogP contribution in [0.15, 0.2) is 119 Å². The Bertz CT molecular complexity index is 1620. The van der Waals surface area contributed by atoms with Crippen LogP contribution in [-0.4, -0.2) is 11.1 Å². The second-order valence-corrected chi connectivity index (χ2v) is 8.37. The van der Waals surface area contributed by atoms with Crippen LogP contribution in [0.4, 0.5) is 11.6 Å². The van der Waals surface area contributed by atoms with E-state index in [1.54, 1.807) is 18.3 Å². The zero-order chi connectivity index (χ0) is 26.3. The van der Waals surface area contributed by atoms with Crippen molar-refractivity contribution in [3.63, 3.8) is 0 Å². The lowest BCUT2D eigenvalue weighted by Crippen LogP contribution is -1.96. The highest BCUT2D eigenvalue weighted by molar-refractivity contribution is 5.89. The van der Waals surface area contributed by atoms with Gasteiger partial charge in [-0.25, -0.2) is 4.99 Å². The van der Waals surface area contributed by atoms with Gasteiger partial charge in [0.2, 0.25) is 5.88 Å². The SMILES string of the molecule is N#Cc1c(N=Cc2ccc(OCc3ccc([N+](=O)[O-])cc3)cc2)oc(-c2ccccc2)c1-c1ccccc1. The number of non-ortho nitro benzene ring substituents is 1. The number of rotatable bonds is 8. The van der Waals surface area contributed by atoms with Crippen LogP contribution in [0, 0.1) is 21.4 Å². The number of ether oxygens (including phenoxy) is 1. The Balaban J connectivity index is 1.36. The van der Waals surface area contributed by atoms with Gasteiger partial charge in [-0.2, -0.15) is 5.26 Å². The fourth-order valence-electron chi connectivity index (χ4n) is 3.95. The molecule has 0 aliphatic rings. The molecular weight excluding hydrogens is 478 g/mol. The van der Waals surface area contributed by atoms with Gasteiger partial charge in [0, 0.05) is 29.5 Å². The van der Waals surface area contributed by atoms with Crippen LogP contribution in [0.3, 0.4) is 0 Å². The first kappa shape index (κ1) is 24.2. The number of benzene rings is 4. The molecule has 1 heterocycles. The van der Waals surface area contributed by atoms with E-state index in [9.17, 15) is 15.4 Å². The topological polar surface area (TPSA) is 102 Å². The van der Waals surface area contributed by atoms with Gasteiger partial charge in [0.15, 0.2) is 0 Å². The van der Waals surface area contributed by atoms with E-state index < -0.39 is 4.92 Å². The molecule has 5 aromatic rings. The molecule has 0 fully saturated rings. The van der Waals surface area contributed by atoms with E-state index in [1.807, 2.05) is 84.9 Å². The van der Waals surface area contributed by atoms with Crippen LogP contribution >= 0.6 is 0 Å². The summed E-state index contributed by atoms with van der Waals surface area (Å²) in [5, 5.41) is 20.8. The molecule has 0 aliphatic carbocycles. The van der Waals surface area contributed by atoms with Gasteiger partial charge < -0.3 is 9.15 Å². The normalized spacial score (nSPS) is 10.8. The standard InChI is InChI=1S/C31H21N3O4/c32-19-28-29(24-7-3-1-4-8-24)30(25-9-5-2-6-10-25)38-31(28)33-20-22-13-17-27(18-14-22)37-21-23-11-15-26(16-12-23)34(35)36/h1-18,20H,21H2. The van der Waals surface area contributed by atoms with Gasteiger partial charge in [-0.1, -0.05) is 60.7 Å². The first-order valence-electron chi connectivity index (χ1n) is 11.8. The summed E-state index contributed by atoms with van der Waals surface area (Å²) in [6, 6.07) is 35.2. The molecule has 0 saturated carbocycles. The van der Waals surface area contributed by atoms with Crippen molar-refractivity contribution in [2.45, 2.75) is 6.61 Å². The first-order chi connectivity index (χ1) is 18.6. The van der Waals surface area contributed by atoms with Gasteiger partial charge in [-0.3, -0.25) is 10.1 Å². The fourth-order valence-corrected chi connectivity index (χ4v) is 3.95. The van der Waals surface area contributed by atoms with E-state index in [-0.39, 0.29) is 18.2 Å². The molecule has 0 radical (unpaired) electrons. The predicted molar refractivity (Wildman–Crippen MR) is 145 cm³/mol. The number of hydrogen-bond acceptors (Lipinski definition) is 6. The Morgan fingerprint density at radius 3 is 2.11 bits per heavy atom. The number of hydrogen-bond donors (Lipinski definition) is 0. The highest BCUT2D eigenvalue weighted by atomic mass is 16.6. The average molecular weight is 500 g/mol. The minimum atomic E-state index is -0.432. The highest BCUT2D eigenvalue weighted by Crippen LogP contribution is 2.42. The molecule has 38 heavy (non-hydrogen) atoms. The quantitative estimate of drug-likeness (QED) is 0.124.